The first-order valence-corrected chi connectivity index (χ1v) is 18.1. The molecule has 2 saturated carbocycles. The highest BCUT2D eigenvalue weighted by Crippen LogP contribution is 2.45. The van der Waals surface area contributed by atoms with E-state index in [9.17, 15) is 22.8 Å². The summed E-state index contributed by atoms with van der Waals surface area (Å²) in [6.45, 7) is 16.6. The number of alkyl carbamates (subject to hydrolysis) is 1. The van der Waals surface area contributed by atoms with Crippen LogP contribution in [-0.4, -0.2) is 83.9 Å². The molecule has 1 aromatic heterocycles. The van der Waals surface area contributed by atoms with Crippen molar-refractivity contribution in [1.29, 1.82) is 0 Å². The molecule has 262 valence electrons. The molecule has 2 aromatic rings. The van der Waals surface area contributed by atoms with Gasteiger partial charge in [-0.15, -0.1) is 6.58 Å². The van der Waals surface area contributed by atoms with Crippen molar-refractivity contribution >= 4 is 38.7 Å². The largest absolute Gasteiger partial charge is 0.472 e. The normalized spacial score (nSPS) is 24.9. The Balaban J connectivity index is 1.42. The highest BCUT2D eigenvalue weighted by Gasteiger charge is 2.56. The number of nitrogens with zero attached hydrogens (tertiary/aromatic N) is 2. The first kappa shape index (κ1) is 35.6. The number of aromatic nitrogens is 1. The highest BCUT2D eigenvalue weighted by atomic mass is 32.2. The molecule has 48 heavy (non-hydrogen) atoms. The van der Waals surface area contributed by atoms with E-state index >= 15 is 0 Å². The van der Waals surface area contributed by atoms with E-state index in [2.05, 4.69) is 26.9 Å². The average molecular weight is 684 g/mol. The van der Waals surface area contributed by atoms with Crippen LogP contribution < -0.4 is 20.1 Å². The lowest BCUT2D eigenvalue weighted by atomic mass is 9.85. The zero-order valence-corrected chi connectivity index (χ0v) is 29.8. The molecule has 1 saturated heterocycles. The molecule has 2 aliphatic carbocycles. The van der Waals surface area contributed by atoms with E-state index in [0.29, 0.717) is 25.1 Å². The van der Waals surface area contributed by atoms with Gasteiger partial charge < -0.3 is 25.0 Å². The number of fused-ring (bicyclic) bond motifs is 1. The second-order valence-electron chi connectivity index (χ2n) is 15.5. The fourth-order valence-corrected chi connectivity index (χ4v) is 7.71. The molecule has 13 heteroatoms. The van der Waals surface area contributed by atoms with Gasteiger partial charge in [0.15, 0.2) is 0 Å². The summed E-state index contributed by atoms with van der Waals surface area (Å²) in [6.07, 6.45) is 4.03. The third-order valence-electron chi connectivity index (χ3n) is 9.20. The SMILES string of the molecule is C=C[C@@H]1C[C@@]1(CNS(=O)(=O)C1CC1)NC(=O)[C@@H]1C[C@@H](Oc2ncc(C)c3ccccc23)CN1C(=O)[C@@H](NC(=O)OC(C)(C)C)C(C)(C)C. The van der Waals surface area contributed by atoms with Gasteiger partial charge in [0.25, 0.3) is 0 Å². The summed E-state index contributed by atoms with van der Waals surface area (Å²) in [5.74, 6) is -0.633. The van der Waals surface area contributed by atoms with Crippen molar-refractivity contribution in [2.24, 2.45) is 11.3 Å². The summed E-state index contributed by atoms with van der Waals surface area (Å²) in [5.41, 5.74) is -1.39. The maximum atomic E-state index is 14.4. The number of nitrogens with one attached hydrogen (secondary N) is 3. The number of hydrogen-bond acceptors (Lipinski definition) is 8. The summed E-state index contributed by atoms with van der Waals surface area (Å²) in [6, 6.07) is 5.75. The van der Waals surface area contributed by atoms with Crippen LogP contribution >= 0.6 is 0 Å². The third kappa shape index (κ3) is 7.94. The number of pyridine rings is 1. The third-order valence-corrected chi connectivity index (χ3v) is 11.1. The average Bonchev–Trinajstić information content (AvgIpc) is 3.92. The second-order valence-corrected chi connectivity index (χ2v) is 17.5. The van der Waals surface area contributed by atoms with E-state index in [4.69, 9.17) is 9.47 Å². The van der Waals surface area contributed by atoms with E-state index in [0.717, 1.165) is 16.3 Å². The van der Waals surface area contributed by atoms with Gasteiger partial charge in [-0.05, 0) is 69.4 Å². The first-order valence-electron chi connectivity index (χ1n) is 16.6. The van der Waals surface area contributed by atoms with Crippen LogP contribution in [-0.2, 0) is 24.3 Å². The highest BCUT2D eigenvalue weighted by molar-refractivity contribution is 7.90. The van der Waals surface area contributed by atoms with Crippen LogP contribution in [0.5, 0.6) is 5.88 Å². The Hall–Kier alpha value is -3.71. The smallest absolute Gasteiger partial charge is 0.408 e. The van der Waals surface area contributed by atoms with Crippen LogP contribution in [0.25, 0.3) is 10.8 Å². The van der Waals surface area contributed by atoms with Crippen LogP contribution in [0.1, 0.15) is 72.8 Å². The number of likely N-dealkylation sites (tertiary alicyclic amines) is 1. The number of carbonyl (C=O) groups is 3. The Morgan fingerprint density at radius 3 is 2.38 bits per heavy atom. The number of amides is 3. The quantitative estimate of drug-likeness (QED) is 0.301. The van der Waals surface area contributed by atoms with E-state index in [-0.39, 0.29) is 25.4 Å². The van der Waals surface area contributed by atoms with Gasteiger partial charge in [0, 0.05) is 30.5 Å². The molecule has 0 radical (unpaired) electrons. The van der Waals surface area contributed by atoms with Crippen LogP contribution in [0.2, 0.25) is 0 Å². The maximum Gasteiger partial charge on any atom is 0.408 e. The number of benzene rings is 1. The van der Waals surface area contributed by atoms with E-state index in [1.165, 1.54) is 4.90 Å². The number of aryl methyl sites for hydroxylation is 1. The molecule has 1 aromatic carbocycles. The Labute approximate surface area is 283 Å². The summed E-state index contributed by atoms with van der Waals surface area (Å²) in [5, 5.41) is 7.23. The topological polar surface area (TPSA) is 156 Å². The van der Waals surface area contributed by atoms with Crippen LogP contribution in [0.3, 0.4) is 0 Å². The monoisotopic (exact) mass is 683 g/mol. The predicted molar refractivity (Wildman–Crippen MR) is 183 cm³/mol. The van der Waals surface area contributed by atoms with Crippen LogP contribution in [0.4, 0.5) is 4.79 Å². The number of sulfonamides is 1. The lowest BCUT2D eigenvalue weighted by Gasteiger charge is -2.36. The molecule has 12 nitrogen and oxygen atoms in total. The zero-order chi connectivity index (χ0) is 35.2. The summed E-state index contributed by atoms with van der Waals surface area (Å²) in [4.78, 5) is 47.5. The summed E-state index contributed by atoms with van der Waals surface area (Å²) in [7, 11) is -3.49. The fourth-order valence-electron chi connectivity index (χ4n) is 6.26. The number of ether oxygens (including phenoxy) is 2. The van der Waals surface area contributed by atoms with Crippen molar-refractivity contribution in [3.8, 4) is 5.88 Å². The van der Waals surface area contributed by atoms with Gasteiger partial charge in [-0.3, -0.25) is 9.59 Å². The minimum atomic E-state index is -3.49. The molecule has 3 aliphatic rings. The molecule has 3 amide bonds. The van der Waals surface area contributed by atoms with Gasteiger partial charge in [-0.25, -0.2) is 22.9 Å². The Morgan fingerprint density at radius 2 is 1.79 bits per heavy atom. The zero-order valence-electron chi connectivity index (χ0n) is 29.0. The van der Waals surface area contributed by atoms with Gasteiger partial charge in [-0.2, -0.15) is 0 Å². The molecule has 1 aliphatic heterocycles. The van der Waals surface area contributed by atoms with E-state index < -0.39 is 67.9 Å². The van der Waals surface area contributed by atoms with Crippen molar-refractivity contribution in [3.63, 3.8) is 0 Å². The Morgan fingerprint density at radius 1 is 1.12 bits per heavy atom. The molecule has 5 atom stereocenters. The molecule has 0 bridgehead atoms. The minimum Gasteiger partial charge on any atom is -0.472 e. The van der Waals surface area contributed by atoms with E-state index in [1.807, 2.05) is 52.0 Å². The molecule has 3 N–H and O–H groups in total. The second kappa shape index (κ2) is 13.0. The van der Waals surface area contributed by atoms with Crippen molar-refractivity contribution in [2.75, 3.05) is 13.1 Å². The van der Waals surface area contributed by atoms with Crippen molar-refractivity contribution in [2.45, 2.75) is 109 Å². The van der Waals surface area contributed by atoms with Gasteiger partial charge >= 0.3 is 6.09 Å². The lowest BCUT2D eigenvalue weighted by Crippen LogP contribution is -2.59. The van der Waals surface area contributed by atoms with Crippen LogP contribution in [0.15, 0.2) is 43.1 Å². The predicted octanol–water partition coefficient (Wildman–Crippen LogP) is 3.97. The van der Waals surface area contributed by atoms with Gasteiger partial charge in [0.05, 0.1) is 17.3 Å². The minimum absolute atomic E-state index is 0.0267. The standard InChI is InChI=1S/C35H49N5O7S/c1-9-22-17-35(22,20-37-48(44,45)24-14-15-24)39-29(41)27-16-23(46-30-26-13-11-10-12-25(26)21(2)18-36-30)19-40(27)31(42)28(33(3,4)5)38-32(43)47-34(6,7)8/h9-13,18,22-24,27-28,37H,1,14-17,19-20H2,2-8H3,(H,38,43)(H,39,41)/t22-,23-,27+,28-,35+/m1/s1. The van der Waals surface area contributed by atoms with Crippen molar-refractivity contribution in [3.05, 3.63) is 48.7 Å². The Bertz CT molecular complexity index is 1690. The Kier molecular flexibility index (Phi) is 9.61. The molecule has 2 heterocycles. The molecule has 0 spiro atoms. The lowest BCUT2D eigenvalue weighted by molar-refractivity contribution is -0.142. The molecular weight excluding hydrogens is 634 g/mol. The van der Waals surface area contributed by atoms with E-state index in [1.54, 1.807) is 33.0 Å². The van der Waals surface area contributed by atoms with Gasteiger partial charge in [0.2, 0.25) is 27.7 Å². The molecule has 5 rings (SSSR count). The molecular formula is C35H49N5O7S. The van der Waals surface area contributed by atoms with Gasteiger partial charge in [0.1, 0.15) is 23.8 Å². The number of rotatable bonds is 11. The van der Waals surface area contributed by atoms with Crippen molar-refractivity contribution < 1.29 is 32.3 Å². The maximum absolute atomic E-state index is 14.4. The van der Waals surface area contributed by atoms with Crippen molar-refractivity contribution in [1.82, 2.24) is 25.2 Å². The first-order chi connectivity index (χ1) is 22.3. The van der Waals surface area contributed by atoms with Crippen LogP contribution in [0, 0.1) is 18.3 Å². The number of carbonyl (C=O) groups excluding carboxylic acids is 3. The summed E-state index contributed by atoms with van der Waals surface area (Å²) >= 11 is 0. The summed E-state index contributed by atoms with van der Waals surface area (Å²) < 4.78 is 39.9. The number of hydrogen-bond donors (Lipinski definition) is 3. The molecule has 3 fully saturated rings. The fraction of sp³-hybridized carbons (Fsp3) is 0.600. The van der Waals surface area contributed by atoms with Gasteiger partial charge in [-0.1, -0.05) is 45.0 Å². The molecule has 0 unspecified atom stereocenters.